The lowest BCUT2D eigenvalue weighted by Gasteiger charge is -2.18. The number of benzene rings is 1. The van der Waals surface area contributed by atoms with Gasteiger partial charge in [0.05, 0.1) is 0 Å². The first-order chi connectivity index (χ1) is 6.83. The maximum Gasteiger partial charge on any atom is 0.0210 e. The first-order valence-electron chi connectivity index (χ1n) is 4.85. The highest BCUT2D eigenvalue weighted by atomic mass is 79.9. The Labute approximate surface area is 97.6 Å². The van der Waals surface area contributed by atoms with Gasteiger partial charge in [0.15, 0.2) is 0 Å². The molecule has 1 saturated heterocycles. The van der Waals surface area contributed by atoms with E-state index in [1.807, 2.05) is 11.8 Å². The standard InChI is InChI=1S/C11H14BrNS/c12-11-4-2-1-3-9(11)10-7-14-6-8(10)5-13/h1-4,8,10H,5-7,13H2. The molecule has 2 rings (SSSR count). The van der Waals surface area contributed by atoms with Crippen molar-refractivity contribution in [2.24, 2.45) is 11.7 Å². The molecule has 0 spiro atoms. The number of hydrogen-bond acceptors (Lipinski definition) is 2. The zero-order valence-electron chi connectivity index (χ0n) is 7.95. The van der Waals surface area contributed by atoms with Gasteiger partial charge in [0.1, 0.15) is 0 Å². The van der Waals surface area contributed by atoms with Crippen LogP contribution in [-0.2, 0) is 0 Å². The summed E-state index contributed by atoms with van der Waals surface area (Å²) in [5, 5.41) is 0. The highest BCUT2D eigenvalue weighted by Gasteiger charge is 2.28. The molecule has 1 nitrogen and oxygen atoms in total. The van der Waals surface area contributed by atoms with E-state index in [9.17, 15) is 0 Å². The molecule has 0 aromatic heterocycles. The molecule has 0 bridgehead atoms. The van der Waals surface area contributed by atoms with Crippen LogP contribution in [0.5, 0.6) is 0 Å². The van der Waals surface area contributed by atoms with Gasteiger partial charge >= 0.3 is 0 Å². The van der Waals surface area contributed by atoms with Crippen molar-refractivity contribution in [1.29, 1.82) is 0 Å². The highest BCUT2D eigenvalue weighted by Crippen LogP contribution is 2.39. The van der Waals surface area contributed by atoms with Crippen LogP contribution in [0, 0.1) is 5.92 Å². The van der Waals surface area contributed by atoms with E-state index in [1.165, 1.54) is 21.5 Å². The first kappa shape index (κ1) is 10.5. The topological polar surface area (TPSA) is 26.0 Å². The normalized spacial score (nSPS) is 26.7. The Morgan fingerprint density at radius 1 is 1.36 bits per heavy atom. The van der Waals surface area contributed by atoms with Crippen LogP contribution in [0.2, 0.25) is 0 Å². The number of halogens is 1. The van der Waals surface area contributed by atoms with E-state index in [1.54, 1.807) is 0 Å². The van der Waals surface area contributed by atoms with Crippen molar-refractivity contribution in [3.05, 3.63) is 34.3 Å². The predicted molar refractivity (Wildman–Crippen MR) is 66.8 cm³/mol. The van der Waals surface area contributed by atoms with E-state index < -0.39 is 0 Å². The molecule has 0 aliphatic carbocycles. The van der Waals surface area contributed by atoms with Crippen molar-refractivity contribution >= 4 is 27.7 Å². The van der Waals surface area contributed by atoms with Crippen LogP contribution in [0.3, 0.4) is 0 Å². The van der Waals surface area contributed by atoms with Gasteiger partial charge in [-0.25, -0.2) is 0 Å². The van der Waals surface area contributed by atoms with Gasteiger partial charge in [-0.05, 0) is 35.8 Å². The molecule has 0 saturated carbocycles. The fourth-order valence-corrected chi connectivity index (χ4v) is 4.04. The molecule has 1 aliphatic heterocycles. The average Bonchev–Trinajstić information content (AvgIpc) is 2.66. The molecule has 1 aromatic rings. The monoisotopic (exact) mass is 271 g/mol. The maximum atomic E-state index is 5.78. The summed E-state index contributed by atoms with van der Waals surface area (Å²) < 4.78 is 1.23. The fourth-order valence-electron chi connectivity index (χ4n) is 1.95. The van der Waals surface area contributed by atoms with E-state index in [0.717, 1.165) is 6.54 Å². The third-order valence-corrected chi connectivity index (χ3v) is 4.79. The molecule has 76 valence electrons. The molecule has 2 atom stereocenters. The van der Waals surface area contributed by atoms with Crippen molar-refractivity contribution in [3.63, 3.8) is 0 Å². The quantitative estimate of drug-likeness (QED) is 0.896. The van der Waals surface area contributed by atoms with Gasteiger partial charge in [0.25, 0.3) is 0 Å². The third kappa shape index (κ3) is 2.00. The Morgan fingerprint density at radius 2 is 2.14 bits per heavy atom. The first-order valence-corrected chi connectivity index (χ1v) is 6.80. The van der Waals surface area contributed by atoms with Crippen LogP contribution in [0.4, 0.5) is 0 Å². The second-order valence-corrected chi connectivity index (χ2v) is 5.59. The Balaban J connectivity index is 2.26. The van der Waals surface area contributed by atoms with E-state index in [0.29, 0.717) is 11.8 Å². The van der Waals surface area contributed by atoms with Gasteiger partial charge < -0.3 is 5.73 Å². The highest BCUT2D eigenvalue weighted by molar-refractivity contribution is 9.10. The molecule has 2 N–H and O–H groups in total. The summed E-state index contributed by atoms with van der Waals surface area (Å²) >= 11 is 5.63. The molecule has 1 aliphatic rings. The van der Waals surface area contributed by atoms with Gasteiger partial charge in [-0.15, -0.1) is 0 Å². The Bertz CT molecular complexity index is 316. The van der Waals surface area contributed by atoms with E-state index >= 15 is 0 Å². The zero-order chi connectivity index (χ0) is 9.97. The molecular weight excluding hydrogens is 258 g/mol. The lowest BCUT2D eigenvalue weighted by atomic mass is 9.89. The van der Waals surface area contributed by atoms with Crippen molar-refractivity contribution < 1.29 is 0 Å². The fraction of sp³-hybridized carbons (Fsp3) is 0.455. The van der Waals surface area contributed by atoms with Crippen LogP contribution in [0.25, 0.3) is 0 Å². The molecular formula is C11H14BrNS. The molecule has 0 radical (unpaired) electrons. The minimum Gasteiger partial charge on any atom is -0.330 e. The van der Waals surface area contributed by atoms with Crippen molar-refractivity contribution in [2.45, 2.75) is 5.92 Å². The Morgan fingerprint density at radius 3 is 2.86 bits per heavy atom. The Kier molecular flexibility index (Phi) is 3.52. The minimum absolute atomic E-state index is 0.639. The van der Waals surface area contributed by atoms with Gasteiger partial charge in [-0.2, -0.15) is 11.8 Å². The van der Waals surface area contributed by atoms with E-state index in [2.05, 4.69) is 40.2 Å². The summed E-state index contributed by atoms with van der Waals surface area (Å²) in [6, 6.07) is 8.50. The van der Waals surface area contributed by atoms with Crippen LogP contribution < -0.4 is 5.73 Å². The lowest BCUT2D eigenvalue weighted by Crippen LogP contribution is -2.20. The van der Waals surface area contributed by atoms with Crippen molar-refractivity contribution in [2.75, 3.05) is 18.1 Å². The molecule has 3 heteroatoms. The van der Waals surface area contributed by atoms with Gasteiger partial charge in [0.2, 0.25) is 0 Å². The Hall–Kier alpha value is 0.01000. The number of thioether (sulfide) groups is 1. The third-order valence-electron chi connectivity index (χ3n) is 2.81. The molecule has 1 aromatic carbocycles. The summed E-state index contributed by atoms with van der Waals surface area (Å²) in [5.74, 6) is 3.71. The second-order valence-electron chi connectivity index (χ2n) is 3.66. The molecule has 1 heterocycles. The van der Waals surface area contributed by atoms with Gasteiger partial charge in [0, 0.05) is 10.2 Å². The van der Waals surface area contributed by atoms with Crippen molar-refractivity contribution in [1.82, 2.24) is 0 Å². The minimum atomic E-state index is 0.639. The number of hydrogen-bond donors (Lipinski definition) is 1. The maximum absolute atomic E-state index is 5.78. The van der Waals surface area contributed by atoms with Crippen molar-refractivity contribution in [3.8, 4) is 0 Å². The van der Waals surface area contributed by atoms with E-state index in [-0.39, 0.29) is 0 Å². The van der Waals surface area contributed by atoms with Crippen LogP contribution in [0.15, 0.2) is 28.7 Å². The smallest absolute Gasteiger partial charge is 0.0210 e. The summed E-state index contributed by atoms with van der Waals surface area (Å²) in [7, 11) is 0. The lowest BCUT2D eigenvalue weighted by molar-refractivity contribution is 0.532. The summed E-state index contributed by atoms with van der Waals surface area (Å²) in [6.45, 7) is 0.805. The van der Waals surface area contributed by atoms with E-state index in [4.69, 9.17) is 5.73 Å². The van der Waals surface area contributed by atoms with Crippen LogP contribution >= 0.6 is 27.7 Å². The summed E-state index contributed by atoms with van der Waals surface area (Å²) in [5.41, 5.74) is 7.21. The number of nitrogens with two attached hydrogens (primary N) is 1. The summed E-state index contributed by atoms with van der Waals surface area (Å²) in [6.07, 6.45) is 0. The molecule has 0 amide bonds. The molecule has 14 heavy (non-hydrogen) atoms. The number of rotatable bonds is 2. The summed E-state index contributed by atoms with van der Waals surface area (Å²) in [4.78, 5) is 0. The van der Waals surface area contributed by atoms with Gasteiger partial charge in [-0.1, -0.05) is 34.1 Å². The molecule has 1 fully saturated rings. The predicted octanol–water partition coefficient (Wildman–Crippen LogP) is 2.85. The van der Waals surface area contributed by atoms with Gasteiger partial charge in [-0.3, -0.25) is 0 Å². The SMILES string of the molecule is NCC1CSCC1c1ccccc1Br. The second kappa shape index (κ2) is 4.69. The average molecular weight is 272 g/mol. The molecule has 2 unspecified atom stereocenters. The largest absolute Gasteiger partial charge is 0.330 e. The zero-order valence-corrected chi connectivity index (χ0v) is 10.4. The van der Waals surface area contributed by atoms with Crippen LogP contribution in [0.1, 0.15) is 11.5 Å². The van der Waals surface area contributed by atoms with Crippen LogP contribution in [-0.4, -0.2) is 18.1 Å².